The summed E-state index contributed by atoms with van der Waals surface area (Å²) in [5.41, 5.74) is -0.645. The molecule has 0 fully saturated rings. The van der Waals surface area contributed by atoms with E-state index in [9.17, 15) is 14.0 Å². The van der Waals surface area contributed by atoms with Crippen LogP contribution in [0.3, 0.4) is 0 Å². The number of aryl methyl sites for hydroxylation is 1. The maximum Gasteiger partial charge on any atom is 0.312 e. The average molecular weight is 574 g/mol. The Bertz CT molecular complexity index is 1120. The molecule has 0 aliphatic heterocycles. The summed E-state index contributed by atoms with van der Waals surface area (Å²) in [6.07, 6.45) is 22.0. The number of anilines is 1. The molecule has 0 saturated heterocycles. The molecule has 0 aromatic carbocycles. The zero-order valence-corrected chi connectivity index (χ0v) is 25.2. The monoisotopic (exact) mass is 573 g/mol. The minimum Gasteiger partial charge on any atom is -0.462 e. The summed E-state index contributed by atoms with van der Waals surface area (Å²) in [6.45, 7) is 4.39. The standard InChI is InChI=1S/C31H48FN5O4/c1-5-8-10-11-12-13-14-15-16-17-18-19-25(38)34-28-27-29(36-30(32)35-28)37(24-33-27)22-21-31(7-3,40-4)23-41-26(39)20-9-6-2/h3,24H,5-6,8-23H2,1-2,4H3,(H,34,35,36,38). The SMILES string of the molecule is C#CC(CCn1cnc2c(NC(=O)CCCCCCCCCCCCC)nc(F)nc21)(COC(=O)CCCC)OC. The van der Waals surface area contributed by atoms with Gasteiger partial charge < -0.3 is 19.4 Å². The van der Waals surface area contributed by atoms with Gasteiger partial charge in [0.25, 0.3) is 0 Å². The van der Waals surface area contributed by atoms with E-state index in [-0.39, 0.29) is 48.4 Å². The Kier molecular flexibility index (Phi) is 15.9. The molecule has 41 heavy (non-hydrogen) atoms. The van der Waals surface area contributed by atoms with Gasteiger partial charge in [-0.25, -0.2) is 4.98 Å². The predicted molar refractivity (Wildman–Crippen MR) is 159 cm³/mol. The quantitative estimate of drug-likeness (QED) is 0.0718. The van der Waals surface area contributed by atoms with Crippen LogP contribution in [0.25, 0.3) is 11.2 Å². The second kappa shape index (κ2) is 19.1. The number of fused-ring (bicyclic) bond motifs is 1. The van der Waals surface area contributed by atoms with Gasteiger partial charge in [0.15, 0.2) is 22.6 Å². The Balaban J connectivity index is 1.86. The van der Waals surface area contributed by atoms with Crippen molar-refractivity contribution in [2.24, 2.45) is 0 Å². The molecule has 2 aromatic rings. The van der Waals surface area contributed by atoms with Crippen molar-refractivity contribution < 1.29 is 23.5 Å². The van der Waals surface area contributed by atoms with E-state index in [0.717, 1.165) is 32.1 Å². The molecule has 1 amide bonds. The summed E-state index contributed by atoms with van der Waals surface area (Å²) in [5.74, 6) is 2.06. The predicted octanol–water partition coefficient (Wildman–Crippen LogP) is 6.75. The Hall–Kier alpha value is -3.06. The lowest BCUT2D eigenvalue weighted by Crippen LogP contribution is -2.37. The number of aromatic nitrogens is 4. The number of carbonyl (C=O) groups is 2. The van der Waals surface area contributed by atoms with Crippen molar-refractivity contribution in [1.82, 2.24) is 19.5 Å². The summed E-state index contributed by atoms with van der Waals surface area (Å²) in [7, 11) is 1.46. The number of esters is 1. The lowest BCUT2D eigenvalue weighted by atomic mass is 10.0. The first-order chi connectivity index (χ1) is 19.9. The zero-order chi connectivity index (χ0) is 29.9. The van der Waals surface area contributed by atoms with Crippen LogP contribution >= 0.6 is 0 Å². The minimum atomic E-state index is -1.16. The van der Waals surface area contributed by atoms with Crippen molar-refractivity contribution in [3.05, 3.63) is 12.4 Å². The van der Waals surface area contributed by atoms with Crippen LogP contribution in [0, 0.1) is 18.4 Å². The first-order valence-electron chi connectivity index (χ1n) is 15.2. The maximum absolute atomic E-state index is 14.3. The van der Waals surface area contributed by atoms with E-state index >= 15 is 0 Å². The van der Waals surface area contributed by atoms with Crippen LogP contribution in [0.1, 0.15) is 117 Å². The number of imidazole rings is 1. The molecule has 9 nitrogen and oxygen atoms in total. The molecule has 1 N–H and O–H groups in total. The van der Waals surface area contributed by atoms with Crippen LogP contribution in [-0.4, -0.2) is 50.7 Å². The lowest BCUT2D eigenvalue weighted by molar-refractivity contribution is -0.150. The number of methoxy groups -OCH3 is 1. The van der Waals surface area contributed by atoms with Gasteiger partial charge in [0.1, 0.15) is 6.61 Å². The van der Waals surface area contributed by atoms with Gasteiger partial charge in [-0.1, -0.05) is 90.4 Å². The minimum absolute atomic E-state index is 0.0409. The number of hydrogen-bond acceptors (Lipinski definition) is 7. The Morgan fingerprint density at radius 2 is 1.61 bits per heavy atom. The van der Waals surface area contributed by atoms with Crippen LogP contribution in [0.2, 0.25) is 0 Å². The second-order valence-corrected chi connectivity index (χ2v) is 10.6. The van der Waals surface area contributed by atoms with Gasteiger partial charge in [0, 0.05) is 32.9 Å². The highest BCUT2D eigenvalue weighted by molar-refractivity contribution is 5.96. The summed E-state index contributed by atoms with van der Waals surface area (Å²) >= 11 is 0. The molecule has 0 spiro atoms. The fourth-order valence-electron chi connectivity index (χ4n) is 4.61. The molecule has 228 valence electrons. The number of ether oxygens (including phenoxy) is 2. The van der Waals surface area contributed by atoms with Crippen molar-refractivity contribution >= 4 is 28.9 Å². The normalized spacial score (nSPS) is 12.7. The summed E-state index contributed by atoms with van der Waals surface area (Å²) in [6, 6.07) is 0. The fraction of sp³-hybridized carbons (Fsp3) is 0.710. The van der Waals surface area contributed by atoms with E-state index in [0.29, 0.717) is 12.8 Å². The number of nitrogens with zero attached hydrogens (tertiary/aromatic N) is 4. The molecule has 2 heterocycles. The smallest absolute Gasteiger partial charge is 0.312 e. The molecule has 0 aliphatic carbocycles. The number of amides is 1. The third-order valence-electron chi connectivity index (χ3n) is 7.31. The highest BCUT2D eigenvalue weighted by atomic mass is 19.1. The summed E-state index contributed by atoms with van der Waals surface area (Å²) < 4.78 is 26.8. The molecule has 1 atom stereocenters. The highest BCUT2D eigenvalue weighted by Gasteiger charge is 2.30. The van der Waals surface area contributed by atoms with Gasteiger partial charge in [-0.2, -0.15) is 14.4 Å². The number of unbranched alkanes of at least 4 members (excludes halogenated alkanes) is 11. The zero-order valence-electron chi connectivity index (χ0n) is 25.2. The maximum atomic E-state index is 14.3. The number of hydrogen-bond donors (Lipinski definition) is 1. The first-order valence-corrected chi connectivity index (χ1v) is 15.2. The van der Waals surface area contributed by atoms with Crippen molar-refractivity contribution in [3.8, 4) is 12.3 Å². The van der Waals surface area contributed by atoms with Crippen molar-refractivity contribution in [2.75, 3.05) is 19.0 Å². The molecule has 0 bridgehead atoms. The third-order valence-corrected chi connectivity index (χ3v) is 7.31. The number of terminal acetylenes is 1. The Morgan fingerprint density at radius 3 is 2.22 bits per heavy atom. The van der Waals surface area contributed by atoms with Crippen molar-refractivity contribution in [1.29, 1.82) is 0 Å². The molecular weight excluding hydrogens is 525 g/mol. The fourth-order valence-corrected chi connectivity index (χ4v) is 4.61. The van der Waals surface area contributed by atoms with E-state index in [1.54, 1.807) is 4.57 Å². The van der Waals surface area contributed by atoms with Crippen LogP contribution in [0.15, 0.2) is 6.33 Å². The van der Waals surface area contributed by atoms with Gasteiger partial charge in [-0.05, 0) is 12.8 Å². The molecule has 0 aliphatic rings. The lowest BCUT2D eigenvalue weighted by Gasteiger charge is -2.26. The van der Waals surface area contributed by atoms with Gasteiger partial charge in [0.05, 0.1) is 6.33 Å². The van der Waals surface area contributed by atoms with Crippen LogP contribution < -0.4 is 5.32 Å². The number of carbonyl (C=O) groups excluding carboxylic acids is 2. The molecule has 10 heteroatoms. The van der Waals surface area contributed by atoms with Crippen LogP contribution in [-0.2, 0) is 25.6 Å². The number of nitrogens with one attached hydrogen (secondary N) is 1. The Labute approximate surface area is 244 Å². The molecule has 0 radical (unpaired) electrons. The van der Waals surface area contributed by atoms with E-state index < -0.39 is 11.7 Å². The van der Waals surface area contributed by atoms with Crippen molar-refractivity contribution in [3.63, 3.8) is 0 Å². The largest absolute Gasteiger partial charge is 0.462 e. The number of halogens is 1. The van der Waals surface area contributed by atoms with Gasteiger partial charge >= 0.3 is 12.0 Å². The molecule has 2 rings (SSSR count). The van der Waals surface area contributed by atoms with E-state index in [1.807, 2.05) is 6.92 Å². The highest BCUT2D eigenvalue weighted by Crippen LogP contribution is 2.23. The van der Waals surface area contributed by atoms with E-state index in [4.69, 9.17) is 15.9 Å². The third kappa shape index (κ3) is 12.1. The molecule has 1 unspecified atom stereocenters. The van der Waals surface area contributed by atoms with Gasteiger partial charge in [-0.15, -0.1) is 6.42 Å². The van der Waals surface area contributed by atoms with Gasteiger partial charge in [-0.3, -0.25) is 9.59 Å². The van der Waals surface area contributed by atoms with Crippen molar-refractivity contribution in [2.45, 2.75) is 129 Å². The second-order valence-electron chi connectivity index (χ2n) is 10.6. The first kappa shape index (κ1) is 34.1. The molecule has 2 aromatic heterocycles. The summed E-state index contributed by atoms with van der Waals surface area (Å²) in [4.78, 5) is 36.5. The van der Waals surface area contributed by atoms with E-state index in [1.165, 1.54) is 64.8 Å². The van der Waals surface area contributed by atoms with Crippen LogP contribution in [0.4, 0.5) is 10.2 Å². The van der Waals surface area contributed by atoms with Gasteiger partial charge in [0.2, 0.25) is 5.91 Å². The summed E-state index contributed by atoms with van der Waals surface area (Å²) in [5, 5.41) is 2.70. The van der Waals surface area contributed by atoms with E-state index in [2.05, 4.69) is 33.1 Å². The topological polar surface area (TPSA) is 108 Å². The number of rotatable bonds is 22. The molecule has 0 saturated carbocycles. The van der Waals surface area contributed by atoms with Crippen LogP contribution in [0.5, 0.6) is 0 Å². The average Bonchev–Trinajstić information content (AvgIpc) is 3.38. The molecular formula is C31H48FN5O4. The Morgan fingerprint density at radius 1 is 0.976 bits per heavy atom.